The van der Waals surface area contributed by atoms with E-state index in [0.29, 0.717) is 44.8 Å². The first-order chi connectivity index (χ1) is 23.6. The zero-order valence-electron chi connectivity index (χ0n) is 27.0. The van der Waals surface area contributed by atoms with Gasteiger partial charge >= 0.3 is 0 Å². The summed E-state index contributed by atoms with van der Waals surface area (Å²) in [6.07, 6.45) is 8.91. The summed E-state index contributed by atoms with van der Waals surface area (Å²) in [6, 6.07) is 35.6. The van der Waals surface area contributed by atoms with E-state index in [0.717, 1.165) is 39.7 Å². The predicted octanol–water partition coefficient (Wildman–Crippen LogP) is 6.34. The van der Waals surface area contributed by atoms with Crippen molar-refractivity contribution in [2.75, 3.05) is 11.9 Å². The summed E-state index contributed by atoms with van der Waals surface area (Å²) < 4.78 is 0. The van der Waals surface area contributed by atoms with E-state index in [2.05, 4.69) is 35.8 Å². The number of amides is 1. The van der Waals surface area contributed by atoms with Gasteiger partial charge < -0.3 is 4.90 Å². The number of para-hydroxylation sites is 1. The van der Waals surface area contributed by atoms with Gasteiger partial charge in [0.1, 0.15) is 0 Å². The molecule has 0 fully saturated rings. The van der Waals surface area contributed by atoms with Gasteiger partial charge in [0.05, 0.1) is 34.0 Å². The van der Waals surface area contributed by atoms with Gasteiger partial charge in [-0.3, -0.25) is 39.5 Å². The smallest absolute Gasteiger partial charge is 0.259 e. The summed E-state index contributed by atoms with van der Waals surface area (Å²) in [5.74, 6) is -0.124. The van der Waals surface area contributed by atoms with Gasteiger partial charge in [-0.25, -0.2) is 0 Å². The largest absolute Gasteiger partial charge is 0.311 e. The van der Waals surface area contributed by atoms with Crippen molar-refractivity contribution < 1.29 is 4.79 Å². The Bertz CT molecular complexity index is 1770. The molecule has 0 spiro atoms. The zero-order valence-corrected chi connectivity index (χ0v) is 27.0. The summed E-state index contributed by atoms with van der Waals surface area (Å²) in [7, 11) is 1.82. The quantitative estimate of drug-likeness (QED) is 0.137. The highest BCUT2D eigenvalue weighted by Crippen LogP contribution is 2.24. The number of hydrogen-bond acceptors (Lipinski definition) is 8. The van der Waals surface area contributed by atoms with Gasteiger partial charge in [-0.15, -0.1) is 0 Å². The maximum atomic E-state index is 13.8. The minimum Gasteiger partial charge on any atom is -0.311 e. The highest BCUT2D eigenvalue weighted by molar-refractivity contribution is 6.05. The number of aromatic nitrogens is 5. The van der Waals surface area contributed by atoms with Crippen molar-refractivity contribution in [3.8, 4) is 0 Å². The van der Waals surface area contributed by atoms with E-state index in [-0.39, 0.29) is 5.91 Å². The van der Waals surface area contributed by atoms with Crippen LogP contribution in [-0.4, -0.2) is 47.7 Å². The second kappa shape index (κ2) is 16.3. The molecule has 0 aliphatic rings. The summed E-state index contributed by atoms with van der Waals surface area (Å²) in [4.78, 5) is 42.9. The average Bonchev–Trinajstić information content (AvgIpc) is 3.13. The Hall–Kier alpha value is -5.64. The SMILES string of the molecule is CN(C(=O)c1ccc(CN(Cc2ccccn2)Cc2ccccn2)nc1)c1ccccc1CN(Cc1ccccn1)Cc1ccccn1. The molecule has 0 unspecified atom stereocenters. The molecule has 5 aromatic heterocycles. The number of hydrogen-bond donors (Lipinski definition) is 0. The van der Waals surface area contributed by atoms with Gasteiger partial charge in [0.15, 0.2) is 0 Å². The Morgan fingerprint density at radius 2 is 0.896 bits per heavy atom. The molecule has 9 nitrogen and oxygen atoms in total. The first-order valence-corrected chi connectivity index (χ1v) is 16.0. The average molecular weight is 635 g/mol. The maximum Gasteiger partial charge on any atom is 0.259 e. The molecule has 1 amide bonds. The Kier molecular flexibility index (Phi) is 10.9. The monoisotopic (exact) mass is 634 g/mol. The second-order valence-corrected chi connectivity index (χ2v) is 11.6. The van der Waals surface area contributed by atoms with Crippen LogP contribution in [0.1, 0.15) is 44.4 Å². The summed E-state index contributed by atoms with van der Waals surface area (Å²) in [5, 5.41) is 0. The molecule has 0 aliphatic carbocycles. The molecule has 0 N–H and O–H groups in total. The van der Waals surface area contributed by atoms with E-state index in [1.54, 1.807) is 23.5 Å². The fourth-order valence-electron chi connectivity index (χ4n) is 5.61. The molecule has 48 heavy (non-hydrogen) atoms. The zero-order chi connectivity index (χ0) is 33.0. The van der Waals surface area contributed by atoms with E-state index in [1.807, 2.05) is 123 Å². The predicted molar refractivity (Wildman–Crippen MR) is 186 cm³/mol. The Morgan fingerprint density at radius 1 is 0.479 bits per heavy atom. The Balaban J connectivity index is 1.16. The molecule has 0 aliphatic heterocycles. The normalized spacial score (nSPS) is 11.1. The molecule has 0 atom stereocenters. The van der Waals surface area contributed by atoms with Crippen LogP contribution in [0.4, 0.5) is 5.69 Å². The molecule has 5 heterocycles. The van der Waals surface area contributed by atoms with Gasteiger partial charge in [-0.2, -0.15) is 0 Å². The van der Waals surface area contributed by atoms with Crippen molar-refractivity contribution in [2.45, 2.75) is 39.3 Å². The van der Waals surface area contributed by atoms with Gasteiger partial charge in [-0.1, -0.05) is 42.5 Å². The highest BCUT2D eigenvalue weighted by Gasteiger charge is 2.20. The Morgan fingerprint density at radius 3 is 1.31 bits per heavy atom. The van der Waals surface area contributed by atoms with Crippen LogP contribution < -0.4 is 4.90 Å². The number of nitrogens with zero attached hydrogens (tertiary/aromatic N) is 8. The van der Waals surface area contributed by atoms with E-state index < -0.39 is 0 Å². The number of anilines is 1. The van der Waals surface area contributed by atoms with E-state index in [9.17, 15) is 4.79 Å². The fraction of sp³-hybridized carbons (Fsp3) is 0.179. The van der Waals surface area contributed by atoms with Crippen LogP contribution in [-0.2, 0) is 39.3 Å². The van der Waals surface area contributed by atoms with Crippen molar-refractivity contribution >= 4 is 11.6 Å². The van der Waals surface area contributed by atoms with E-state index >= 15 is 0 Å². The lowest BCUT2D eigenvalue weighted by Gasteiger charge is -2.26. The van der Waals surface area contributed by atoms with E-state index in [4.69, 9.17) is 4.98 Å². The fourth-order valence-corrected chi connectivity index (χ4v) is 5.61. The molecule has 6 aromatic rings. The number of carbonyl (C=O) groups is 1. The Labute approximate surface area is 281 Å². The van der Waals surface area contributed by atoms with Crippen LogP contribution in [0.15, 0.2) is 140 Å². The first kappa shape index (κ1) is 32.3. The van der Waals surface area contributed by atoms with Crippen LogP contribution in [0, 0.1) is 0 Å². The molecule has 9 heteroatoms. The van der Waals surface area contributed by atoms with Crippen LogP contribution in [0.5, 0.6) is 0 Å². The topological polar surface area (TPSA) is 91.2 Å². The molecule has 0 radical (unpaired) electrons. The van der Waals surface area contributed by atoms with Crippen molar-refractivity contribution in [1.29, 1.82) is 0 Å². The van der Waals surface area contributed by atoms with Crippen LogP contribution in [0.25, 0.3) is 0 Å². The highest BCUT2D eigenvalue weighted by atomic mass is 16.2. The number of pyridine rings is 5. The molecular formula is C39H38N8O. The summed E-state index contributed by atoms with van der Waals surface area (Å²) >= 11 is 0. The standard InChI is InChI=1S/C39H38N8O/c1-45(38-17-3-2-12-32(38)25-46(26-33-13-4-8-20-40-33)27-34-14-5-9-21-41-34)39(48)31-18-19-37(44-24-31)30-47(28-35-15-6-10-22-42-35)29-36-16-7-11-23-43-36/h2-24H,25-30H2,1H3. The lowest BCUT2D eigenvalue weighted by Crippen LogP contribution is -2.29. The minimum absolute atomic E-state index is 0.124. The molecule has 0 bridgehead atoms. The maximum absolute atomic E-state index is 13.8. The van der Waals surface area contributed by atoms with Gasteiger partial charge in [0.2, 0.25) is 0 Å². The van der Waals surface area contributed by atoms with Crippen molar-refractivity contribution in [3.05, 3.63) is 180 Å². The minimum atomic E-state index is -0.124. The van der Waals surface area contributed by atoms with Crippen LogP contribution >= 0.6 is 0 Å². The van der Waals surface area contributed by atoms with E-state index in [1.165, 1.54) is 0 Å². The molecule has 6 rings (SSSR count). The molecule has 1 aromatic carbocycles. The molecule has 240 valence electrons. The van der Waals surface area contributed by atoms with Crippen LogP contribution in [0.2, 0.25) is 0 Å². The van der Waals surface area contributed by atoms with Crippen LogP contribution in [0.3, 0.4) is 0 Å². The van der Waals surface area contributed by atoms with Gasteiger partial charge in [0.25, 0.3) is 5.91 Å². The molecular weight excluding hydrogens is 596 g/mol. The number of carbonyl (C=O) groups excluding carboxylic acids is 1. The number of benzene rings is 1. The lowest BCUT2D eigenvalue weighted by atomic mass is 10.1. The first-order valence-electron chi connectivity index (χ1n) is 16.0. The summed E-state index contributed by atoms with van der Waals surface area (Å²) in [5.41, 5.74) is 7.15. The van der Waals surface area contributed by atoms with Crippen molar-refractivity contribution in [1.82, 2.24) is 34.7 Å². The summed E-state index contributed by atoms with van der Waals surface area (Å²) in [6.45, 7) is 3.79. The third-order valence-corrected chi connectivity index (χ3v) is 7.96. The van der Waals surface area contributed by atoms with Gasteiger partial charge in [-0.05, 0) is 72.3 Å². The third kappa shape index (κ3) is 9.00. The third-order valence-electron chi connectivity index (χ3n) is 7.96. The second-order valence-electron chi connectivity index (χ2n) is 11.6. The molecule has 0 saturated carbocycles. The lowest BCUT2D eigenvalue weighted by molar-refractivity contribution is 0.0992. The molecule has 0 saturated heterocycles. The number of rotatable bonds is 14. The van der Waals surface area contributed by atoms with Crippen molar-refractivity contribution in [2.24, 2.45) is 0 Å². The van der Waals surface area contributed by atoms with Crippen molar-refractivity contribution in [3.63, 3.8) is 0 Å². The van der Waals surface area contributed by atoms with Gasteiger partial charge in [0, 0.05) is 83.0 Å².